The van der Waals surface area contributed by atoms with E-state index in [1.54, 1.807) is 32.3 Å². The molecular weight excluding hydrogens is 472 g/mol. The van der Waals surface area contributed by atoms with Gasteiger partial charge in [0.1, 0.15) is 17.5 Å². The lowest BCUT2D eigenvalue weighted by molar-refractivity contribution is 0.250. The third kappa shape index (κ3) is 4.79. The van der Waals surface area contributed by atoms with Crippen molar-refractivity contribution in [1.82, 2.24) is 10.1 Å². The number of fused-ring (bicyclic) bond motifs is 1. The van der Waals surface area contributed by atoms with E-state index in [9.17, 15) is 18.4 Å². The van der Waals surface area contributed by atoms with Crippen molar-refractivity contribution in [2.75, 3.05) is 39.3 Å². The van der Waals surface area contributed by atoms with Crippen molar-refractivity contribution in [3.63, 3.8) is 0 Å². The lowest BCUT2D eigenvalue weighted by Crippen LogP contribution is -2.47. The van der Waals surface area contributed by atoms with E-state index in [4.69, 9.17) is 4.52 Å². The summed E-state index contributed by atoms with van der Waals surface area (Å²) in [6.07, 6.45) is 1.60. The van der Waals surface area contributed by atoms with Gasteiger partial charge in [0, 0.05) is 49.0 Å². The van der Waals surface area contributed by atoms with Crippen LogP contribution < -0.4 is 25.8 Å². The van der Waals surface area contributed by atoms with Crippen molar-refractivity contribution >= 4 is 40.8 Å². The molecule has 3 N–H and O–H groups in total. The molecule has 3 aromatic rings. The van der Waals surface area contributed by atoms with Crippen LogP contribution >= 0.6 is 0 Å². The van der Waals surface area contributed by atoms with Crippen LogP contribution in [0.15, 0.2) is 35.0 Å². The van der Waals surface area contributed by atoms with E-state index in [0.717, 1.165) is 6.07 Å². The van der Waals surface area contributed by atoms with E-state index < -0.39 is 23.7 Å². The Kier molecular flexibility index (Phi) is 6.53. The maximum absolute atomic E-state index is 14.9. The summed E-state index contributed by atoms with van der Waals surface area (Å²) in [4.78, 5) is 32.6. The number of rotatable bonds is 5. The monoisotopic (exact) mass is 499 g/mol. The third-order valence-electron chi connectivity index (χ3n) is 5.71. The molecule has 0 radical (unpaired) electrons. The largest absolute Gasteiger partial charge is 0.373 e. The number of aromatic nitrogens is 2. The highest BCUT2D eigenvalue weighted by atomic mass is 19.1. The van der Waals surface area contributed by atoms with Crippen LogP contribution in [0.25, 0.3) is 0 Å². The molecule has 0 unspecified atom stereocenters. The average molecular weight is 500 g/mol. The fourth-order valence-corrected chi connectivity index (χ4v) is 3.76. The van der Waals surface area contributed by atoms with Gasteiger partial charge >= 0.3 is 12.1 Å². The summed E-state index contributed by atoms with van der Waals surface area (Å²) in [7, 11) is 1.71. The summed E-state index contributed by atoms with van der Waals surface area (Å²) < 4.78 is 34.6. The Hall–Kier alpha value is -4.22. The summed E-state index contributed by atoms with van der Waals surface area (Å²) in [5.74, 6) is -1.30. The lowest BCUT2D eigenvalue weighted by Gasteiger charge is -2.36. The highest BCUT2D eigenvalue weighted by Crippen LogP contribution is 2.35. The van der Waals surface area contributed by atoms with Gasteiger partial charge in [-0.15, -0.1) is 0 Å². The summed E-state index contributed by atoms with van der Waals surface area (Å²) in [6, 6.07) is 3.69. The summed E-state index contributed by atoms with van der Waals surface area (Å²) in [6.45, 7) is 7.92. The lowest BCUT2D eigenvalue weighted by atomic mass is 9.92. The first-order valence-electron chi connectivity index (χ1n) is 11.3. The maximum atomic E-state index is 14.9. The molecule has 190 valence electrons. The first-order valence-corrected chi connectivity index (χ1v) is 11.3. The van der Waals surface area contributed by atoms with Crippen molar-refractivity contribution < 1.29 is 22.9 Å². The van der Waals surface area contributed by atoms with Crippen LogP contribution in [0.4, 0.5) is 47.1 Å². The molecule has 0 fully saturated rings. The summed E-state index contributed by atoms with van der Waals surface area (Å²) >= 11 is 0. The van der Waals surface area contributed by atoms with Crippen LogP contribution in [0.3, 0.4) is 0 Å². The molecule has 4 amide bonds. The molecule has 3 heterocycles. The van der Waals surface area contributed by atoms with Crippen LogP contribution in [0, 0.1) is 11.6 Å². The Morgan fingerprint density at radius 1 is 1.11 bits per heavy atom. The minimum Gasteiger partial charge on any atom is -0.373 e. The zero-order valence-corrected chi connectivity index (χ0v) is 20.6. The fourth-order valence-electron chi connectivity index (χ4n) is 3.76. The molecule has 1 aliphatic rings. The zero-order valence-electron chi connectivity index (χ0n) is 20.6. The van der Waals surface area contributed by atoms with Gasteiger partial charge in [0.2, 0.25) is 5.88 Å². The van der Waals surface area contributed by atoms with Crippen molar-refractivity contribution in [1.29, 1.82) is 0 Å². The molecular formula is C24H27F2N7O3. The summed E-state index contributed by atoms with van der Waals surface area (Å²) in [5.41, 5.74) is 1.16. The van der Waals surface area contributed by atoms with Crippen molar-refractivity contribution in [2.24, 2.45) is 0 Å². The summed E-state index contributed by atoms with van der Waals surface area (Å²) in [5, 5.41) is 11.6. The second-order valence-corrected chi connectivity index (χ2v) is 9.25. The quantitative estimate of drug-likeness (QED) is 0.439. The van der Waals surface area contributed by atoms with E-state index in [1.807, 2.05) is 20.8 Å². The number of amides is 4. The SMILES string of the molecule is CCN1C(=O)N(c2cc(NC(=O)Nc3cc(C(C)(C)C)no3)c(F)cc2F)Cc2cnc(NC)cc21. The number of urea groups is 2. The van der Waals surface area contributed by atoms with Gasteiger partial charge in [0.05, 0.1) is 29.3 Å². The Balaban J connectivity index is 1.59. The third-order valence-corrected chi connectivity index (χ3v) is 5.71. The number of hydrogen-bond donors (Lipinski definition) is 3. The van der Waals surface area contributed by atoms with Gasteiger partial charge in [-0.1, -0.05) is 25.9 Å². The Morgan fingerprint density at radius 3 is 2.50 bits per heavy atom. The minimum absolute atomic E-state index is 0.0174. The van der Waals surface area contributed by atoms with E-state index in [0.29, 0.717) is 35.4 Å². The molecule has 1 aliphatic heterocycles. The Labute approximate surface area is 206 Å². The second-order valence-electron chi connectivity index (χ2n) is 9.25. The number of nitrogens with zero attached hydrogens (tertiary/aromatic N) is 4. The second kappa shape index (κ2) is 9.44. The van der Waals surface area contributed by atoms with Gasteiger partial charge in [0.25, 0.3) is 0 Å². The predicted molar refractivity (Wildman–Crippen MR) is 133 cm³/mol. The van der Waals surface area contributed by atoms with Gasteiger partial charge in [-0.05, 0) is 13.0 Å². The topological polar surface area (TPSA) is 116 Å². The highest BCUT2D eigenvalue weighted by Gasteiger charge is 2.33. The first-order chi connectivity index (χ1) is 17.0. The van der Waals surface area contributed by atoms with Gasteiger partial charge in [0.15, 0.2) is 0 Å². The maximum Gasteiger partial charge on any atom is 0.329 e. The number of nitrogens with one attached hydrogen (secondary N) is 3. The van der Waals surface area contributed by atoms with Crippen LogP contribution in [-0.4, -0.2) is 35.8 Å². The Bertz CT molecular complexity index is 1320. The molecule has 1 aromatic carbocycles. The molecule has 4 rings (SSSR count). The number of carbonyl (C=O) groups is 2. The van der Waals surface area contributed by atoms with E-state index in [2.05, 4.69) is 26.1 Å². The minimum atomic E-state index is -1.00. The smallest absolute Gasteiger partial charge is 0.329 e. The number of benzene rings is 1. The molecule has 0 bridgehead atoms. The van der Waals surface area contributed by atoms with Crippen molar-refractivity contribution in [3.05, 3.63) is 53.4 Å². The number of anilines is 5. The zero-order chi connectivity index (χ0) is 26.2. The van der Waals surface area contributed by atoms with Gasteiger partial charge in [-0.2, -0.15) is 0 Å². The van der Waals surface area contributed by atoms with Crippen LogP contribution in [0.1, 0.15) is 39.0 Å². The van der Waals surface area contributed by atoms with Gasteiger partial charge < -0.3 is 15.2 Å². The molecule has 2 aromatic heterocycles. The average Bonchev–Trinajstić information content (AvgIpc) is 3.29. The van der Waals surface area contributed by atoms with Crippen molar-refractivity contribution in [3.8, 4) is 0 Å². The van der Waals surface area contributed by atoms with Crippen LogP contribution in [-0.2, 0) is 12.0 Å². The molecule has 36 heavy (non-hydrogen) atoms. The van der Waals surface area contributed by atoms with E-state index in [-0.39, 0.29) is 29.2 Å². The number of pyridine rings is 1. The molecule has 0 atom stereocenters. The molecule has 0 spiro atoms. The van der Waals surface area contributed by atoms with E-state index >= 15 is 0 Å². The van der Waals surface area contributed by atoms with Crippen molar-refractivity contribution in [2.45, 2.75) is 39.7 Å². The predicted octanol–water partition coefficient (Wildman–Crippen LogP) is 5.30. The molecule has 0 saturated carbocycles. The van der Waals surface area contributed by atoms with Crippen LogP contribution in [0.5, 0.6) is 0 Å². The molecule has 12 heteroatoms. The molecule has 0 saturated heterocycles. The van der Waals surface area contributed by atoms with Gasteiger partial charge in [-0.3, -0.25) is 15.1 Å². The fraction of sp³-hybridized carbons (Fsp3) is 0.333. The number of halogens is 2. The number of carbonyl (C=O) groups excluding carboxylic acids is 2. The Morgan fingerprint density at radius 2 is 1.86 bits per heavy atom. The highest BCUT2D eigenvalue weighted by molar-refractivity contribution is 6.07. The van der Waals surface area contributed by atoms with Crippen LogP contribution in [0.2, 0.25) is 0 Å². The number of hydrogen-bond acceptors (Lipinski definition) is 6. The molecule has 0 aliphatic carbocycles. The van der Waals surface area contributed by atoms with E-state index in [1.165, 1.54) is 9.80 Å². The standard InChI is InChI=1S/C24H27F2N7O3/c1-6-32-17-9-20(27-5)28-11-13(17)12-33(23(32)35)18-8-16(14(25)7-15(18)26)29-22(34)30-21-10-19(31-36-21)24(2,3)4/h7-11H,6,12H2,1-5H3,(H,27,28)(H2,29,30,34). The van der Waals surface area contributed by atoms with Gasteiger partial charge in [-0.25, -0.2) is 23.4 Å². The normalized spacial score (nSPS) is 13.5. The first kappa shape index (κ1) is 24.9. The molecule has 10 nitrogen and oxygen atoms in total.